The van der Waals surface area contributed by atoms with E-state index in [1.54, 1.807) is 12.3 Å². The third-order valence-corrected chi connectivity index (χ3v) is 8.70. The number of rotatable bonds is 10. The van der Waals surface area contributed by atoms with Crippen LogP contribution >= 0.6 is 11.6 Å². The summed E-state index contributed by atoms with van der Waals surface area (Å²) in [5.74, 6) is -0.292. The van der Waals surface area contributed by atoms with Crippen LogP contribution in [0.1, 0.15) is 69.6 Å². The number of halogens is 1. The van der Waals surface area contributed by atoms with Gasteiger partial charge in [0.25, 0.3) is 0 Å². The topological polar surface area (TPSA) is 98.5 Å². The van der Waals surface area contributed by atoms with Crippen molar-refractivity contribution in [3.8, 4) is 11.1 Å². The second-order valence-electron chi connectivity index (χ2n) is 10.4. The van der Waals surface area contributed by atoms with Gasteiger partial charge >= 0.3 is 5.97 Å². The number of cyclic esters (lactones) is 1. The first kappa shape index (κ1) is 33.1. The van der Waals surface area contributed by atoms with Crippen LogP contribution in [0.3, 0.4) is 0 Å². The summed E-state index contributed by atoms with van der Waals surface area (Å²) in [6.07, 6.45) is 5.49. The lowest BCUT2D eigenvalue weighted by Gasteiger charge is -2.27. The summed E-state index contributed by atoms with van der Waals surface area (Å²) in [5, 5.41) is 3.31. The third-order valence-electron chi connectivity index (χ3n) is 7.47. The van der Waals surface area contributed by atoms with E-state index < -0.39 is 16.4 Å². The summed E-state index contributed by atoms with van der Waals surface area (Å²) < 4.78 is 17.7. The van der Waals surface area contributed by atoms with Gasteiger partial charge in [-0.15, -0.1) is 0 Å². The van der Waals surface area contributed by atoms with E-state index in [0.29, 0.717) is 47.7 Å². The van der Waals surface area contributed by atoms with Gasteiger partial charge in [0.2, 0.25) is 5.91 Å². The van der Waals surface area contributed by atoms with E-state index in [1.165, 1.54) is 0 Å². The molecule has 2 atom stereocenters. The number of ether oxygens (including phenoxy) is 1. The molecule has 8 heteroatoms. The van der Waals surface area contributed by atoms with Crippen LogP contribution in [0.25, 0.3) is 16.7 Å². The number of aryl methyl sites for hydroxylation is 1. The molecule has 1 aliphatic rings. The van der Waals surface area contributed by atoms with Gasteiger partial charge < -0.3 is 15.8 Å². The second kappa shape index (κ2) is 15.2. The van der Waals surface area contributed by atoms with Crippen LogP contribution in [0.5, 0.6) is 0 Å². The molecule has 224 valence electrons. The molecule has 1 amide bonds. The fourth-order valence-electron chi connectivity index (χ4n) is 4.90. The zero-order chi connectivity index (χ0) is 30.9. The average molecular weight is 609 g/mol. The first-order valence-corrected chi connectivity index (χ1v) is 16.3. The quantitative estimate of drug-likeness (QED) is 0.235. The zero-order valence-corrected chi connectivity index (χ0v) is 26.7. The molecule has 0 saturated carbocycles. The summed E-state index contributed by atoms with van der Waals surface area (Å²) in [5.41, 5.74) is 11.1. The molecule has 0 fully saturated rings. The second-order valence-corrected chi connectivity index (χ2v) is 12.2. The molecule has 1 aliphatic heterocycles. The standard InChI is InChI=1S/C24H28ClNO3S.C10H13NO/c1-5-7-11-24(6-2)22(26)21(23(27)29-24)18-14-20(25)19(12-15(18)3)16-9-8-10-17(13-16)30(4)28;1-2-10(12)11-8-9-6-4-3-5-7-9/h8-10,12-14H,5-7,11,26H2,1-4H3;3-7H,2,8H2,1H3,(H,11,12)/t24-,30?;/m1./s1. The Morgan fingerprint density at radius 2 is 1.74 bits per heavy atom. The van der Waals surface area contributed by atoms with Crippen LogP contribution in [0, 0.1) is 6.92 Å². The molecule has 4 rings (SSSR count). The molecule has 0 bridgehead atoms. The van der Waals surface area contributed by atoms with E-state index >= 15 is 0 Å². The van der Waals surface area contributed by atoms with Gasteiger partial charge in [-0.25, -0.2) is 4.79 Å². The highest BCUT2D eigenvalue weighted by atomic mass is 35.5. The van der Waals surface area contributed by atoms with E-state index in [2.05, 4.69) is 12.2 Å². The molecular formula is C34H41ClN2O4S. The maximum Gasteiger partial charge on any atom is 0.341 e. The monoisotopic (exact) mass is 608 g/mol. The predicted molar refractivity (Wildman–Crippen MR) is 172 cm³/mol. The Labute approximate surface area is 257 Å². The van der Waals surface area contributed by atoms with Crippen LogP contribution < -0.4 is 11.1 Å². The van der Waals surface area contributed by atoms with Crippen molar-refractivity contribution in [1.29, 1.82) is 0 Å². The average Bonchev–Trinajstić information content (AvgIpc) is 3.25. The molecule has 3 aromatic carbocycles. The van der Waals surface area contributed by atoms with Crippen LogP contribution in [0.4, 0.5) is 0 Å². The number of amides is 1. The lowest BCUT2D eigenvalue weighted by atomic mass is 9.87. The molecule has 3 N–H and O–H groups in total. The van der Waals surface area contributed by atoms with E-state index in [1.807, 2.05) is 81.4 Å². The van der Waals surface area contributed by atoms with Gasteiger partial charge in [-0.2, -0.15) is 0 Å². The summed E-state index contributed by atoms with van der Waals surface area (Å²) in [7, 11) is -1.08. The maximum absolute atomic E-state index is 12.8. The summed E-state index contributed by atoms with van der Waals surface area (Å²) in [6.45, 7) is 8.51. The minimum absolute atomic E-state index is 0.0962. The molecule has 42 heavy (non-hydrogen) atoms. The highest BCUT2D eigenvalue weighted by molar-refractivity contribution is 7.84. The van der Waals surface area contributed by atoms with Gasteiger partial charge in [0.05, 0.1) is 11.3 Å². The van der Waals surface area contributed by atoms with Gasteiger partial charge in [0.1, 0.15) is 0 Å². The van der Waals surface area contributed by atoms with Crippen molar-refractivity contribution in [2.75, 3.05) is 6.26 Å². The summed E-state index contributed by atoms with van der Waals surface area (Å²) in [6, 6.07) is 21.1. The minimum Gasteiger partial charge on any atom is -0.449 e. The molecule has 1 unspecified atom stereocenters. The summed E-state index contributed by atoms with van der Waals surface area (Å²) >= 11 is 6.64. The van der Waals surface area contributed by atoms with Crippen molar-refractivity contribution in [2.45, 2.75) is 76.8 Å². The molecule has 0 aliphatic carbocycles. The highest BCUT2D eigenvalue weighted by Gasteiger charge is 2.45. The Hall–Kier alpha value is -3.42. The number of benzene rings is 3. The Balaban J connectivity index is 0.000000337. The van der Waals surface area contributed by atoms with Crippen LogP contribution in [-0.2, 0) is 31.7 Å². The van der Waals surface area contributed by atoms with E-state index in [-0.39, 0.29) is 11.9 Å². The number of nitrogens with two attached hydrogens (primary N) is 1. The van der Waals surface area contributed by atoms with Crippen molar-refractivity contribution in [3.05, 3.63) is 94.1 Å². The van der Waals surface area contributed by atoms with E-state index in [0.717, 1.165) is 40.0 Å². The van der Waals surface area contributed by atoms with E-state index in [9.17, 15) is 13.8 Å². The fourth-order valence-corrected chi connectivity index (χ4v) is 5.74. The maximum atomic E-state index is 12.8. The molecular weight excluding hydrogens is 568 g/mol. The van der Waals surface area contributed by atoms with Crippen LogP contribution in [-0.4, -0.2) is 27.9 Å². The number of unbranched alkanes of at least 4 members (excludes halogenated alkanes) is 1. The minimum atomic E-state index is -1.08. The number of carbonyl (C=O) groups is 2. The van der Waals surface area contributed by atoms with Crippen molar-refractivity contribution >= 4 is 39.9 Å². The Morgan fingerprint density at radius 3 is 2.36 bits per heavy atom. The third kappa shape index (κ3) is 7.90. The molecule has 0 radical (unpaired) electrons. The van der Waals surface area contributed by atoms with Crippen LogP contribution in [0.2, 0.25) is 5.02 Å². The number of esters is 1. The Morgan fingerprint density at radius 1 is 1.02 bits per heavy atom. The van der Waals surface area contributed by atoms with Crippen molar-refractivity contribution < 1.29 is 18.5 Å². The Bertz CT molecular complexity index is 1470. The van der Waals surface area contributed by atoms with E-state index in [4.69, 9.17) is 22.1 Å². The first-order valence-electron chi connectivity index (χ1n) is 14.3. The molecule has 0 spiro atoms. The largest absolute Gasteiger partial charge is 0.449 e. The molecule has 0 aromatic heterocycles. The summed E-state index contributed by atoms with van der Waals surface area (Å²) in [4.78, 5) is 24.4. The van der Waals surface area contributed by atoms with Gasteiger partial charge in [-0.1, -0.05) is 81.3 Å². The molecule has 3 aromatic rings. The lowest BCUT2D eigenvalue weighted by Crippen LogP contribution is -2.34. The smallest absolute Gasteiger partial charge is 0.341 e. The normalized spacial score (nSPS) is 16.9. The number of hydrogen-bond acceptors (Lipinski definition) is 5. The number of carbonyl (C=O) groups excluding carboxylic acids is 2. The zero-order valence-electron chi connectivity index (χ0n) is 25.1. The lowest BCUT2D eigenvalue weighted by molar-refractivity contribution is -0.146. The van der Waals surface area contributed by atoms with Gasteiger partial charge in [0, 0.05) is 45.5 Å². The van der Waals surface area contributed by atoms with Crippen molar-refractivity contribution in [3.63, 3.8) is 0 Å². The van der Waals surface area contributed by atoms with Crippen LogP contribution in [0.15, 0.2) is 77.3 Å². The first-order chi connectivity index (χ1) is 20.1. The fraction of sp³-hybridized carbons (Fsp3) is 0.353. The molecule has 0 saturated heterocycles. The predicted octanol–water partition coefficient (Wildman–Crippen LogP) is 7.33. The molecule has 1 heterocycles. The van der Waals surface area contributed by atoms with Crippen molar-refractivity contribution in [2.24, 2.45) is 5.73 Å². The van der Waals surface area contributed by atoms with Crippen molar-refractivity contribution in [1.82, 2.24) is 5.32 Å². The van der Waals surface area contributed by atoms with Gasteiger partial charge in [0.15, 0.2) is 5.60 Å². The SMILES string of the molecule is CCC(=O)NCc1ccccc1.CCCC[C@@]1(CC)OC(=O)C(c2cc(Cl)c(-c3cccc(S(C)=O)c3)cc2C)=C1N. The highest BCUT2D eigenvalue weighted by Crippen LogP contribution is 2.43. The Kier molecular flexibility index (Phi) is 11.9. The van der Waals surface area contributed by atoms with Gasteiger partial charge in [-0.05, 0) is 72.7 Å². The molecule has 6 nitrogen and oxygen atoms in total. The van der Waals surface area contributed by atoms with Gasteiger partial charge in [-0.3, -0.25) is 9.00 Å². The number of nitrogens with one attached hydrogen (secondary N) is 1. The number of hydrogen-bond donors (Lipinski definition) is 2.